The third kappa shape index (κ3) is 3.00. The van der Waals surface area contributed by atoms with Gasteiger partial charge < -0.3 is 0 Å². The van der Waals surface area contributed by atoms with E-state index in [4.69, 9.17) is 0 Å². The number of alkyl halides is 3. The van der Waals surface area contributed by atoms with Crippen LogP contribution < -0.4 is 3.71 Å². The highest BCUT2D eigenvalue weighted by Gasteiger charge is 2.53. The van der Waals surface area contributed by atoms with Gasteiger partial charge in [-0.2, -0.15) is 25.3 Å². The molecule has 0 saturated carbocycles. The highest BCUT2D eigenvalue weighted by Crippen LogP contribution is 2.33. The average molecular weight is 317 g/mol. The minimum absolute atomic E-state index is 0.582. The lowest BCUT2D eigenvalue weighted by molar-refractivity contribution is -0.0434. The number of nitrogens with zero attached hydrogens (tertiary/aromatic N) is 1. The number of sulfonamides is 2. The van der Waals surface area contributed by atoms with Crippen LogP contribution in [-0.4, -0.2) is 28.1 Å². The molecule has 1 aromatic carbocycles. The van der Waals surface area contributed by atoms with Crippen molar-refractivity contribution in [3.8, 4) is 0 Å². The molecule has 0 saturated heterocycles. The molecule has 5 nitrogen and oxygen atoms in total. The maximum atomic E-state index is 12.5. The lowest BCUT2D eigenvalue weighted by Crippen LogP contribution is -2.45. The van der Waals surface area contributed by atoms with E-state index < -0.39 is 40.7 Å². The maximum Gasteiger partial charge on any atom is 0.517 e. The van der Waals surface area contributed by atoms with E-state index in [1.54, 1.807) is 0 Å². The first-order valence-corrected chi connectivity index (χ1v) is 7.98. The predicted octanol–water partition coefficient (Wildman–Crippen LogP) is 1.69. The molecule has 0 fully saturated rings. The Balaban J connectivity index is 3.58. The van der Waals surface area contributed by atoms with Crippen LogP contribution >= 0.6 is 0 Å². The average Bonchev–Trinajstić information content (AvgIpc) is 2.28. The van der Waals surface area contributed by atoms with Gasteiger partial charge in [-0.15, -0.1) is 0 Å². The van der Waals surface area contributed by atoms with Crippen molar-refractivity contribution in [2.24, 2.45) is 0 Å². The van der Waals surface area contributed by atoms with Crippen LogP contribution in [0.25, 0.3) is 0 Å². The van der Waals surface area contributed by atoms with Gasteiger partial charge in [0, 0.05) is 0 Å². The number of halogens is 3. The van der Waals surface area contributed by atoms with Gasteiger partial charge in [0.2, 0.25) is 10.0 Å². The molecule has 0 aliphatic rings. The highest BCUT2D eigenvalue weighted by atomic mass is 32.3. The minimum atomic E-state index is -6.02. The van der Waals surface area contributed by atoms with Crippen molar-refractivity contribution in [2.75, 3.05) is 9.46 Å². The van der Waals surface area contributed by atoms with E-state index in [9.17, 15) is 30.0 Å². The molecule has 1 aromatic rings. The van der Waals surface area contributed by atoms with E-state index in [2.05, 4.69) is 0 Å². The van der Waals surface area contributed by atoms with Gasteiger partial charge >= 0.3 is 15.5 Å². The smallest absolute Gasteiger partial charge is 0.205 e. The fraction of sp³-hybridized carbons (Fsp3) is 0.333. The molecule has 10 heteroatoms. The third-order valence-electron chi connectivity index (χ3n) is 2.10. The van der Waals surface area contributed by atoms with E-state index in [1.165, 1.54) is 18.2 Å². The molecule has 0 unspecified atom stereocenters. The summed E-state index contributed by atoms with van der Waals surface area (Å²) in [6, 6.07) is 5.83. The fourth-order valence-corrected chi connectivity index (χ4v) is 4.24. The number of hydrogen-bond donors (Lipinski definition) is 0. The summed E-state index contributed by atoms with van der Waals surface area (Å²) in [4.78, 5) is 0. The Kier molecular flexibility index (Phi) is 4.15. The molecule has 0 atom stereocenters. The van der Waals surface area contributed by atoms with Crippen molar-refractivity contribution in [3.63, 3.8) is 0 Å². The summed E-state index contributed by atoms with van der Waals surface area (Å²) < 4.78 is 83.1. The Morgan fingerprint density at radius 2 is 1.53 bits per heavy atom. The molecule has 108 valence electrons. The Labute approximate surface area is 108 Å². The molecule has 19 heavy (non-hydrogen) atoms. The van der Waals surface area contributed by atoms with Gasteiger partial charge in [0.05, 0.1) is 11.4 Å². The number of para-hydroxylation sites is 1. The molecule has 0 bridgehead atoms. The third-order valence-corrected chi connectivity index (χ3v) is 6.04. The van der Waals surface area contributed by atoms with Gasteiger partial charge in [0.1, 0.15) is 0 Å². The van der Waals surface area contributed by atoms with Gasteiger partial charge in [-0.1, -0.05) is 18.2 Å². The number of anilines is 1. The molecule has 0 N–H and O–H groups in total. The summed E-state index contributed by atoms with van der Waals surface area (Å²) in [6.07, 6.45) is 0. The van der Waals surface area contributed by atoms with Crippen LogP contribution in [0.5, 0.6) is 0 Å². The Morgan fingerprint density at radius 1 is 1.05 bits per heavy atom. The first-order valence-electron chi connectivity index (χ1n) is 4.93. The zero-order chi connectivity index (χ0) is 14.9. The van der Waals surface area contributed by atoms with Crippen molar-refractivity contribution >= 4 is 25.7 Å². The van der Waals surface area contributed by atoms with Gasteiger partial charge in [-0.3, -0.25) is 0 Å². The molecule has 0 aromatic heterocycles. The lowest BCUT2D eigenvalue weighted by Gasteiger charge is -2.24. The van der Waals surface area contributed by atoms with Gasteiger partial charge in [0.15, 0.2) is 0 Å². The van der Waals surface area contributed by atoms with Crippen LogP contribution in [0.3, 0.4) is 0 Å². The minimum Gasteiger partial charge on any atom is -0.205 e. The first-order chi connectivity index (χ1) is 8.54. The molecule has 0 heterocycles. The molecule has 0 radical (unpaired) electrons. The molecule has 0 spiro atoms. The topological polar surface area (TPSA) is 71.5 Å². The van der Waals surface area contributed by atoms with E-state index in [0.29, 0.717) is 0 Å². The van der Waals surface area contributed by atoms with Crippen molar-refractivity contribution in [1.29, 1.82) is 0 Å². The number of hydrogen-bond acceptors (Lipinski definition) is 4. The molecular weight excluding hydrogens is 307 g/mol. The van der Waals surface area contributed by atoms with E-state index in [0.717, 1.165) is 19.1 Å². The standard InChI is InChI=1S/C9H10F3NO4S2/c1-2-18(14,15)13(8-6-4-3-5-7-8)19(16,17)9(10,11)12/h3-7H,2H2,1H3. The lowest BCUT2D eigenvalue weighted by atomic mass is 10.3. The summed E-state index contributed by atoms with van der Waals surface area (Å²) in [5.74, 6) is -0.781. The predicted molar refractivity (Wildman–Crippen MR) is 63.4 cm³/mol. The number of benzene rings is 1. The van der Waals surface area contributed by atoms with Crippen LogP contribution in [0.4, 0.5) is 18.9 Å². The van der Waals surface area contributed by atoms with Crippen molar-refractivity contribution in [3.05, 3.63) is 30.3 Å². The van der Waals surface area contributed by atoms with Crippen LogP contribution in [0.15, 0.2) is 30.3 Å². The Hall–Kier alpha value is -1.29. The maximum absolute atomic E-state index is 12.5. The van der Waals surface area contributed by atoms with Crippen LogP contribution in [0.1, 0.15) is 6.92 Å². The summed E-state index contributed by atoms with van der Waals surface area (Å²) in [5.41, 5.74) is -6.29. The van der Waals surface area contributed by atoms with Crippen LogP contribution in [0.2, 0.25) is 0 Å². The first kappa shape index (κ1) is 15.8. The van der Waals surface area contributed by atoms with Crippen molar-refractivity contribution < 1.29 is 30.0 Å². The van der Waals surface area contributed by atoms with Gasteiger partial charge in [0.25, 0.3) is 0 Å². The number of rotatable bonds is 4. The van der Waals surface area contributed by atoms with Crippen LogP contribution in [-0.2, 0) is 20.0 Å². The quantitative estimate of drug-likeness (QED) is 0.847. The Bertz CT molecular complexity index is 638. The van der Waals surface area contributed by atoms with Gasteiger partial charge in [-0.05, 0) is 19.1 Å². The van der Waals surface area contributed by atoms with Crippen molar-refractivity contribution in [1.82, 2.24) is 0 Å². The Morgan fingerprint density at radius 3 is 1.89 bits per heavy atom. The second-order valence-corrected chi connectivity index (χ2v) is 7.50. The highest BCUT2D eigenvalue weighted by molar-refractivity contribution is 8.10. The summed E-state index contributed by atoms with van der Waals surface area (Å²) in [5, 5.41) is 0. The zero-order valence-electron chi connectivity index (χ0n) is 9.62. The molecule has 0 amide bonds. The molecule has 1 rings (SSSR count). The largest absolute Gasteiger partial charge is 0.517 e. The molecule has 0 aliphatic carbocycles. The van der Waals surface area contributed by atoms with E-state index in [-0.39, 0.29) is 0 Å². The summed E-state index contributed by atoms with van der Waals surface area (Å²) in [7, 11) is -10.6. The van der Waals surface area contributed by atoms with Crippen molar-refractivity contribution in [2.45, 2.75) is 12.4 Å². The second-order valence-electron chi connectivity index (χ2n) is 3.38. The molecular formula is C9H10F3NO4S2. The van der Waals surface area contributed by atoms with Gasteiger partial charge in [-0.25, -0.2) is 8.42 Å². The summed E-state index contributed by atoms with van der Waals surface area (Å²) in [6.45, 7) is 1.05. The van der Waals surface area contributed by atoms with E-state index >= 15 is 0 Å². The van der Waals surface area contributed by atoms with Crippen LogP contribution in [0, 0.1) is 0 Å². The SMILES string of the molecule is CCS(=O)(=O)N(c1ccccc1)S(=O)(=O)C(F)(F)F. The van der Waals surface area contributed by atoms with E-state index in [1.807, 2.05) is 0 Å². The zero-order valence-corrected chi connectivity index (χ0v) is 11.3. The fourth-order valence-electron chi connectivity index (χ4n) is 1.21. The monoisotopic (exact) mass is 317 g/mol. The summed E-state index contributed by atoms with van der Waals surface area (Å²) >= 11 is 0. The normalized spacial score (nSPS) is 13.3. The second kappa shape index (κ2) is 5.00. The molecule has 0 aliphatic heterocycles.